The minimum absolute atomic E-state index is 0.0749. The number of hydrogen-bond acceptors (Lipinski definition) is 4. The number of hydrogen-bond donors (Lipinski definition) is 3. The number of thiocarbonyl (C=S) groups is 1. The summed E-state index contributed by atoms with van der Waals surface area (Å²) in [4.78, 5) is 28.3. The van der Waals surface area contributed by atoms with E-state index in [1.165, 1.54) is 11.1 Å². The highest BCUT2D eigenvalue weighted by atomic mass is 32.1. The van der Waals surface area contributed by atoms with Crippen molar-refractivity contribution in [2.75, 3.05) is 28.6 Å². The number of nitrogens with one attached hydrogen (secondary N) is 3. The number of piperidine rings is 1. The van der Waals surface area contributed by atoms with Gasteiger partial charge in [-0.1, -0.05) is 42.5 Å². The van der Waals surface area contributed by atoms with Gasteiger partial charge in [0.2, 0.25) is 0 Å². The zero-order valence-corrected chi connectivity index (χ0v) is 25.6. The Morgan fingerprint density at radius 3 is 2.49 bits per heavy atom. The summed E-state index contributed by atoms with van der Waals surface area (Å²) in [5.41, 5.74) is 7.83. The molecule has 7 nitrogen and oxygen atoms in total. The summed E-state index contributed by atoms with van der Waals surface area (Å²) >= 11 is 5.77. The summed E-state index contributed by atoms with van der Waals surface area (Å²) in [6.07, 6.45) is 1.06. The largest absolute Gasteiger partial charge is 0.369 e. The molecule has 3 N–H and O–H groups in total. The Kier molecular flexibility index (Phi) is 8.04. The van der Waals surface area contributed by atoms with Crippen LogP contribution in [0.25, 0.3) is 0 Å². The predicted molar refractivity (Wildman–Crippen MR) is 178 cm³/mol. The van der Waals surface area contributed by atoms with Crippen molar-refractivity contribution in [1.82, 2.24) is 9.88 Å². The lowest BCUT2D eigenvalue weighted by atomic mass is 9.83. The van der Waals surface area contributed by atoms with Crippen molar-refractivity contribution in [3.05, 3.63) is 123 Å². The first-order valence-corrected chi connectivity index (χ1v) is 15.3. The second kappa shape index (κ2) is 12.1. The normalized spacial score (nSPS) is 17.9. The van der Waals surface area contributed by atoms with E-state index in [1.54, 1.807) is 6.07 Å². The molecule has 1 saturated heterocycles. The van der Waals surface area contributed by atoms with Gasteiger partial charge in [0, 0.05) is 48.6 Å². The van der Waals surface area contributed by atoms with Crippen LogP contribution in [0, 0.1) is 19.8 Å². The van der Waals surface area contributed by atoms with E-state index in [9.17, 15) is 9.59 Å². The van der Waals surface area contributed by atoms with Crippen molar-refractivity contribution in [3.63, 3.8) is 0 Å². The lowest BCUT2D eigenvalue weighted by Gasteiger charge is -2.44. The number of benzene rings is 3. The van der Waals surface area contributed by atoms with Crippen LogP contribution >= 0.6 is 12.2 Å². The molecule has 43 heavy (non-hydrogen) atoms. The molecule has 1 fully saturated rings. The number of fused-ring (bicyclic) bond motifs is 4. The predicted octanol–water partition coefficient (Wildman–Crippen LogP) is 6.39. The quantitative estimate of drug-likeness (QED) is 0.226. The molecule has 3 aromatic carbocycles. The van der Waals surface area contributed by atoms with Gasteiger partial charge in [-0.25, -0.2) is 0 Å². The van der Waals surface area contributed by atoms with Gasteiger partial charge >= 0.3 is 0 Å². The van der Waals surface area contributed by atoms with Gasteiger partial charge in [-0.15, -0.1) is 0 Å². The first-order valence-electron chi connectivity index (χ1n) is 14.8. The molecule has 0 aliphatic carbocycles. The van der Waals surface area contributed by atoms with Crippen molar-refractivity contribution >= 4 is 40.3 Å². The van der Waals surface area contributed by atoms with Gasteiger partial charge in [0.25, 0.3) is 11.5 Å². The van der Waals surface area contributed by atoms with Crippen molar-refractivity contribution < 1.29 is 4.79 Å². The van der Waals surface area contributed by atoms with Crippen LogP contribution in [0.15, 0.2) is 89.7 Å². The smallest absolute Gasteiger partial charge is 0.251 e. The number of anilines is 3. The van der Waals surface area contributed by atoms with E-state index in [1.807, 2.05) is 72.2 Å². The number of rotatable bonds is 6. The maximum absolute atomic E-state index is 13.4. The summed E-state index contributed by atoms with van der Waals surface area (Å²) in [6, 6.07) is 27.3. The Morgan fingerprint density at radius 2 is 1.70 bits per heavy atom. The third-order valence-corrected chi connectivity index (χ3v) is 8.94. The molecule has 8 heteroatoms. The highest BCUT2D eigenvalue weighted by molar-refractivity contribution is 7.80. The van der Waals surface area contributed by atoms with Gasteiger partial charge in [-0.2, -0.15) is 0 Å². The summed E-state index contributed by atoms with van der Waals surface area (Å²) < 4.78 is 1.94. The number of pyridine rings is 1. The van der Waals surface area contributed by atoms with Gasteiger partial charge in [0.1, 0.15) is 0 Å². The molecule has 3 heterocycles. The molecular weight excluding hydrogens is 554 g/mol. The minimum Gasteiger partial charge on any atom is -0.369 e. The van der Waals surface area contributed by atoms with Crippen LogP contribution in [0.1, 0.15) is 58.0 Å². The SMILES string of the molecule is Cc1ccc(NC(=S)Nc2cc(C(=O)N[C@@H](C)c3ccccc3)ccc2N2C[C@H]3C[C@@H](C2)c2cccc(=O)n2C3)cc1C. The van der Waals surface area contributed by atoms with Crippen molar-refractivity contribution in [2.45, 2.75) is 45.7 Å². The lowest BCUT2D eigenvalue weighted by Crippen LogP contribution is -2.47. The van der Waals surface area contributed by atoms with E-state index >= 15 is 0 Å². The van der Waals surface area contributed by atoms with Crippen LogP contribution in [0.5, 0.6) is 0 Å². The molecule has 0 saturated carbocycles. The fraction of sp³-hybridized carbons (Fsp3) is 0.286. The molecule has 220 valence electrons. The molecule has 2 bridgehead atoms. The molecule has 2 aliphatic rings. The lowest BCUT2D eigenvalue weighted by molar-refractivity contribution is 0.0940. The first-order chi connectivity index (χ1) is 20.7. The highest BCUT2D eigenvalue weighted by Crippen LogP contribution is 2.39. The summed E-state index contributed by atoms with van der Waals surface area (Å²) in [5, 5.41) is 10.3. The second-order valence-electron chi connectivity index (χ2n) is 11.8. The average Bonchev–Trinajstić information content (AvgIpc) is 3.00. The van der Waals surface area contributed by atoms with Crippen molar-refractivity contribution in [2.24, 2.45) is 5.92 Å². The molecule has 4 aromatic rings. The monoisotopic (exact) mass is 591 g/mol. The van der Waals surface area contributed by atoms with E-state index in [2.05, 4.69) is 52.9 Å². The number of carbonyl (C=O) groups is 1. The van der Waals surface area contributed by atoms with Crippen LogP contribution in [0.2, 0.25) is 0 Å². The second-order valence-corrected chi connectivity index (χ2v) is 12.2. The third-order valence-electron chi connectivity index (χ3n) is 8.74. The Hall–Kier alpha value is -4.43. The summed E-state index contributed by atoms with van der Waals surface area (Å²) in [5.74, 6) is 0.460. The van der Waals surface area contributed by atoms with Gasteiger partial charge in [-0.05, 0) is 98.4 Å². The zero-order valence-electron chi connectivity index (χ0n) is 24.8. The van der Waals surface area contributed by atoms with E-state index in [0.29, 0.717) is 16.6 Å². The summed E-state index contributed by atoms with van der Waals surface area (Å²) in [6.45, 7) is 8.46. The highest BCUT2D eigenvalue weighted by Gasteiger charge is 2.35. The van der Waals surface area contributed by atoms with E-state index in [4.69, 9.17) is 12.2 Å². The van der Waals surface area contributed by atoms with Crippen LogP contribution in [-0.4, -0.2) is 28.7 Å². The van der Waals surface area contributed by atoms with Crippen LogP contribution in [0.3, 0.4) is 0 Å². The topological polar surface area (TPSA) is 78.4 Å². The molecule has 1 amide bonds. The molecule has 0 unspecified atom stereocenters. The van der Waals surface area contributed by atoms with E-state index in [0.717, 1.165) is 54.4 Å². The van der Waals surface area contributed by atoms with Crippen molar-refractivity contribution in [3.8, 4) is 0 Å². The van der Waals surface area contributed by atoms with Gasteiger partial charge in [-0.3, -0.25) is 9.59 Å². The van der Waals surface area contributed by atoms with Gasteiger partial charge in [0.15, 0.2) is 5.11 Å². The minimum atomic E-state index is -0.150. The maximum Gasteiger partial charge on any atom is 0.251 e. The number of amides is 1. The summed E-state index contributed by atoms with van der Waals surface area (Å²) in [7, 11) is 0. The molecule has 1 aromatic heterocycles. The van der Waals surface area contributed by atoms with E-state index in [-0.39, 0.29) is 23.4 Å². The molecule has 3 atom stereocenters. The van der Waals surface area contributed by atoms with Crippen LogP contribution < -0.4 is 26.4 Å². The number of nitrogens with zero attached hydrogens (tertiary/aromatic N) is 2. The molecule has 0 radical (unpaired) electrons. The number of carbonyl (C=O) groups excluding carboxylic acids is 1. The van der Waals surface area contributed by atoms with Gasteiger partial charge < -0.3 is 25.4 Å². The first kappa shape index (κ1) is 28.7. The zero-order chi connectivity index (χ0) is 30.1. The maximum atomic E-state index is 13.4. The van der Waals surface area contributed by atoms with Gasteiger partial charge in [0.05, 0.1) is 17.4 Å². The fourth-order valence-electron chi connectivity index (χ4n) is 6.36. The fourth-order valence-corrected chi connectivity index (χ4v) is 6.58. The Labute approximate surface area is 257 Å². The van der Waals surface area contributed by atoms with Crippen LogP contribution in [-0.2, 0) is 6.54 Å². The number of aromatic nitrogens is 1. The van der Waals surface area contributed by atoms with E-state index < -0.39 is 0 Å². The molecule has 2 aliphatic heterocycles. The third kappa shape index (κ3) is 6.20. The molecular formula is C35H37N5O2S. The Bertz CT molecular complexity index is 1730. The average molecular weight is 592 g/mol. The van der Waals surface area contributed by atoms with Crippen LogP contribution in [0.4, 0.5) is 17.1 Å². The number of aryl methyl sites for hydroxylation is 2. The molecule has 0 spiro atoms. The standard InChI is InChI=1S/C35H37N5O2S/c1-22-12-14-29(16-23(22)2)37-35(43)38-30-18-27(34(42)36-24(3)26-8-5-4-6-9-26)13-15-32(30)39-19-25-17-28(21-39)31-10-7-11-33(41)40(31)20-25/h4-16,18,24-25,28H,17,19-21H2,1-3H3,(H,36,42)(H2,37,38,43)/t24-,25+,28-/m0/s1. The Morgan fingerprint density at radius 1 is 0.884 bits per heavy atom. The Balaban J connectivity index is 1.28. The molecule has 6 rings (SSSR count). The van der Waals surface area contributed by atoms with Crippen molar-refractivity contribution in [1.29, 1.82) is 0 Å².